The average Bonchev–Trinajstić information content (AvgIpc) is 2.38. The Balaban J connectivity index is 2.35. The highest BCUT2D eigenvalue weighted by Gasteiger charge is 2.13. The number of benzene rings is 1. The van der Waals surface area contributed by atoms with Gasteiger partial charge in [-0.15, -0.1) is 0 Å². The van der Waals surface area contributed by atoms with E-state index in [0.717, 1.165) is 24.4 Å². The lowest BCUT2D eigenvalue weighted by atomic mass is 10.2. The molecule has 1 aromatic carbocycles. The number of aromatic nitrogens is 1. The predicted molar refractivity (Wildman–Crippen MR) is 65.8 cm³/mol. The summed E-state index contributed by atoms with van der Waals surface area (Å²) in [6, 6.07) is 2.52. The van der Waals surface area contributed by atoms with Crippen LogP contribution in [0.3, 0.4) is 0 Å². The maximum Gasteiger partial charge on any atom is 0.337 e. The van der Waals surface area contributed by atoms with E-state index in [9.17, 15) is 18.0 Å². The Kier molecular flexibility index (Phi) is 3.80. The van der Waals surface area contributed by atoms with Gasteiger partial charge in [0.15, 0.2) is 17.5 Å². The van der Waals surface area contributed by atoms with Crippen LogP contribution in [0.4, 0.5) is 24.7 Å². The zero-order valence-corrected chi connectivity index (χ0v) is 10.4. The first-order chi connectivity index (χ1) is 9.38. The van der Waals surface area contributed by atoms with E-state index >= 15 is 0 Å². The van der Waals surface area contributed by atoms with Crippen molar-refractivity contribution in [1.82, 2.24) is 4.98 Å². The van der Waals surface area contributed by atoms with E-state index in [1.807, 2.05) is 0 Å². The Bertz CT molecular complexity index is 671. The highest BCUT2D eigenvalue weighted by molar-refractivity contribution is 6.33. The molecule has 0 fully saturated rings. The van der Waals surface area contributed by atoms with E-state index in [0.29, 0.717) is 0 Å². The van der Waals surface area contributed by atoms with Crippen molar-refractivity contribution < 1.29 is 23.1 Å². The van der Waals surface area contributed by atoms with Crippen LogP contribution in [-0.2, 0) is 0 Å². The maximum absolute atomic E-state index is 13.0. The van der Waals surface area contributed by atoms with E-state index < -0.39 is 23.4 Å². The fourth-order valence-electron chi connectivity index (χ4n) is 1.45. The molecule has 2 N–H and O–H groups in total. The SMILES string of the molecule is O=C(O)c1cc(Nc2cc(F)c(F)c(F)c2)ncc1Cl. The molecule has 0 aliphatic heterocycles. The summed E-state index contributed by atoms with van der Waals surface area (Å²) in [6.07, 6.45) is 1.07. The van der Waals surface area contributed by atoms with Crippen LogP contribution in [0.1, 0.15) is 10.4 Å². The van der Waals surface area contributed by atoms with E-state index in [1.165, 1.54) is 0 Å². The van der Waals surface area contributed by atoms with Crippen LogP contribution < -0.4 is 5.32 Å². The molecule has 0 saturated heterocycles. The van der Waals surface area contributed by atoms with Crippen molar-refractivity contribution in [3.8, 4) is 0 Å². The van der Waals surface area contributed by atoms with Crippen LogP contribution >= 0.6 is 11.6 Å². The van der Waals surface area contributed by atoms with Gasteiger partial charge in [-0.1, -0.05) is 11.6 Å². The number of halogens is 4. The Morgan fingerprint density at radius 1 is 1.20 bits per heavy atom. The molecule has 0 spiro atoms. The van der Waals surface area contributed by atoms with Crippen molar-refractivity contribution in [2.24, 2.45) is 0 Å². The topological polar surface area (TPSA) is 62.2 Å². The van der Waals surface area contributed by atoms with Gasteiger partial charge in [0.2, 0.25) is 0 Å². The number of anilines is 2. The number of hydrogen-bond acceptors (Lipinski definition) is 3. The van der Waals surface area contributed by atoms with Gasteiger partial charge in [0.25, 0.3) is 0 Å². The minimum Gasteiger partial charge on any atom is -0.478 e. The second-order valence-electron chi connectivity index (χ2n) is 3.73. The van der Waals surface area contributed by atoms with E-state index in [4.69, 9.17) is 16.7 Å². The van der Waals surface area contributed by atoms with Gasteiger partial charge >= 0.3 is 5.97 Å². The van der Waals surface area contributed by atoms with E-state index in [2.05, 4.69) is 10.3 Å². The number of rotatable bonds is 3. The molecular weight excluding hydrogens is 297 g/mol. The number of pyridine rings is 1. The van der Waals surface area contributed by atoms with Crippen molar-refractivity contribution >= 4 is 29.1 Å². The Hall–Kier alpha value is -2.28. The monoisotopic (exact) mass is 302 g/mol. The van der Waals surface area contributed by atoms with Crippen LogP contribution in [0.15, 0.2) is 24.4 Å². The Labute approximate surface area is 115 Å². The lowest BCUT2D eigenvalue weighted by Gasteiger charge is -2.08. The molecular formula is C12H6ClF3N2O2. The van der Waals surface area contributed by atoms with Gasteiger partial charge in [-0.2, -0.15) is 0 Å². The molecule has 0 amide bonds. The van der Waals surface area contributed by atoms with E-state index in [1.54, 1.807) is 0 Å². The third kappa shape index (κ3) is 2.83. The summed E-state index contributed by atoms with van der Waals surface area (Å²) in [5.74, 6) is -5.63. The molecule has 0 unspecified atom stereocenters. The molecule has 4 nitrogen and oxygen atoms in total. The molecule has 20 heavy (non-hydrogen) atoms. The van der Waals surface area contributed by atoms with Gasteiger partial charge in [0.1, 0.15) is 5.82 Å². The molecule has 0 atom stereocenters. The zero-order chi connectivity index (χ0) is 14.9. The molecule has 2 rings (SSSR count). The van der Waals surface area contributed by atoms with Gasteiger partial charge in [0, 0.05) is 24.0 Å². The number of aromatic carboxylic acids is 1. The largest absolute Gasteiger partial charge is 0.478 e. The maximum atomic E-state index is 13.0. The minimum atomic E-state index is -1.59. The first-order valence-corrected chi connectivity index (χ1v) is 5.56. The van der Waals surface area contributed by atoms with Crippen LogP contribution in [0.2, 0.25) is 5.02 Å². The predicted octanol–water partition coefficient (Wildman–Crippen LogP) is 3.59. The molecule has 1 aromatic heterocycles. The van der Waals surface area contributed by atoms with Crippen molar-refractivity contribution in [3.05, 3.63) is 52.4 Å². The number of carboxylic acids is 1. The standard InChI is InChI=1S/C12H6ClF3N2O2/c13-7-4-17-10(3-6(7)12(19)20)18-5-1-8(14)11(16)9(15)2-5/h1-4H,(H,17,18)(H,19,20). The molecule has 0 radical (unpaired) electrons. The summed E-state index contributed by atoms with van der Waals surface area (Å²) in [7, 11) is 0. The summed E-state index contributed by atoms with van der Waals surface area (Å²) < 4.78 is 38.8. The number of nitrogens with one attached hydrogen (secondary N) is 1. The smallest absolute Gasteiger partial charge is 0.337 e. The highest BCUT2D eigenvalue weighted by atomic mass is 35.5. The molecule has 0 aliphatic rings. The number of hydrogen-bond donors (Lipinski definition) is 2. The van der Waals surface area contributed by atoms with Crippen molar-refractivity contribution in [1.29, 1.82) is 0 Å². The zero-order valence-electron chi connectivity index (χ0n) is 9.62. The fraction of sp³-hybridized carbons (Fsp3) is 0. The highest BCUT2D eigenvalue weighted by Crippen LogP contribution is 2.23. The molecule has 0 bridgehead atoms. The van der Waals surface area contributed by atoms with Gasteiger partial charge in [-0.25, -0.2) is 22.9 Å². The first-order valence-electron chi connectivity index (χ1n) is 5.19. The van der Waals surface area contributed by atoms with Crippen LogP contribution in [0.5, 0.6) is 0 Å². The summed E-state index contributed by atoms with van der Waals surface area (Å²) in [6.45, 7) is 0. The first kappa shape index (κ1) is 14.1. The van der Waals surface area contributed by atoms with Crippen LogP contribution in [-0.4, -0.2) is 16.1 Å². The average molecular weight is 303 g/mol. The molecule has 1 heterocycles. The third-order valence-electron chi connectivity index (χ3n) is 2.34. The summed E-state index contributed by atoms with van der Waals surface area (Å²) >= 11 is 5.62. The second-order valence-corrected chi connectivity index (χ2v) is 4.14. The summed E-state index contributed by atoms with van der Waals surface area (Å²) in [5, 5.41) is 11.2. The lowest BCUT2D eigenvalue weighted by molar-refractivity contribution is 0.0697. The third-order valence-corrected chi connectivity index (χ3v) is 2.64. The molecule has 0 aliphatic carbocycles. The van der Waals surface area contributed by atoms with E-state index in [-0.39, 0.29) is 22.1 Å². The number of carbonyl (C=O) groups is 1. The van der Waals surface area contributed by atoms with Crippen LogP contribution in [0.25, 0.3) is 0 Å². The van der Waals surface area contributed by atoms with Gasteiger partial charge in [-0.3, -0.25) is 0 Å². The molecule has 0 saturated carbocycles. The Morgan fingerprint density at radius 2 is 1.80 bits per heavy atom. The molecule has 104 valence electrons. The van der Waals surface area contributed by atoms with Crippen molar-refractivity contribution in [3.63, 3.8) is 0 Å². The molecule has 2 aromatic rings. The summed E-state index contributed by atoms with van der Waals surface area (Å²) in [4.78, 5) is 14.6. The van der Waals surface area contributed by atoms with Gasteiger partial charge < -0.3 is 10.4 Å². The second kappa shape index (κ2) is 5.38. The van der Waals surface area contributed by atoms with Gasteiger partial charge in [0.05, 0.1) is 10.6 Å². The lowest BCUT2D eigenvalue weighted by Crippen LogP contribution is -2.02. The quantitative estimate of drug-likeness (QED) is 0.851. The van der Waals surface area contributed by atoms with Crippen molar-refractivity contribution in [2.75, 3.05) is 5.32 Å². The minimum absolute atomic E-state index is 0.00259. The van der Waals surface area contributed by atoms with Gasteiger partial charge in [-0.05, 0) is 6.07 Å². The molecule has 8 heteroatoms. The number of nitrogens with zero attached hydrogens (tertiary/aromatic N) is 1. The van der Waals surface area contributed by atoms with Crippen LogP contribution in [0, 0.1) is 17.5 Å². The summed E-state index contributed by atoms with van der Waals surface area (Å²) in [5.41, 5.74) is -0.347. The normalized spacial score (nSPS) is 10.4. The number of carboxylic acid groups (broad SMARTS) is 1. The Morgan fingerprint density at radius 3 is 2.35 bits per heavy atom. The fourth-order valence-corrected chi connectivity index (χ4v) is 1.63. The van der Waals surface area contributed by atoms with Crippen molar-refractivity contribution in [2.45, 2.75) is 0 Å².